The van der Waals surface area contributed by atoms with Crippen molar-refractivity contribution < 1.29 is 24.0 Å². The molecule has 0 fully saturated rings. The zero-order valence-electron chi connectivity index (χ0n) is 15.6. The fraction of sp³-hybridized carbons (Fsp3) is 0.412. The first-order valence-corrected chi connectivity index (χ1v) is 7.88. The highest BCUT2D eigenvalue weighted by atomic mass is 16.6. The molecule has 0 unspecified atom stereocenters. The van der Waals surface area contributed by atoms with E-state index in [2.05, 4.69) is 25.6 Å². The molecule has 26 heavy (non-hydrogen) atoms. The van der Waals surface area contributed by atoms with Crippen molar-refractivity contribution in [3.8, 4) is 0 Å². The summed E-state index contributed by atoms with van der Waals surface area (Å²) in [5.41, 5.74) is 1.43. The zero-order chi connectivity index (χ0) is 19.4. The maximum Gasteiger partial charge on any atom is 0.273 e. The van der Waals surface area contributed by atoms with Gasteiger partial charge in [-0.1, -0.05) is 34.6 Å². The van der Waals surface area contributed by atoms with Gasteiger partial charge in [0.25, 0.3) is 11.8 Å². The molecule has 0 aliphatic heterocycles. The van der Waals surface area contributed by atoms with E-state index in [1.807, 2.05) is 19.9 Å². The Kier molecular flexibility index (Phi) is 9.23. The molecule has 0 aliphatic rings. The van der Waals surface area contributed by atoms with Crippen molar-refractivity contribution in [2.45, 2.75) is 26.6 Å². The largest absolute Gasteiger partial charge is 0.472 e. The summed E-state index contributed by atoms with van der Waals surface area (Å²) >= 11 is 0. The summed E-state index contributed by atoms with van der Waals surface area (Å²) in [4.78, 5) is 26.7. The molecule has 0 aliphatic carbocycles. The molecule has 9 heteroatoms. The Morgan fingerprint density at radius 3 is 2.50 bits per heavy atom. The molecule has 1 aromatic carbocycles. The Morgan fingerprint density at radius 1 is 1.19 bits per heavy atom. The molecule has 1 amide bonds. The van der Waals surface area contributed by atoms with E-state index >= 15 is 0 Å². The average Bonchev–Trinajstić information content (AvgIpc) is 2.62. The number of likely N-dealkylation sites (N-methyl/N-ethyl adjacent to an activating group) is 1. The third-order valence-corrected chi connectivity index (χ3v) is 2.89. The topological polar surface area (TPSA) is 103 Å². The summed E-state index contributed by atoms with van der Waals surface area (Å²) in [7, 11) is 4.30. The van der Waals surface area contributed by atoms with Gasteiger partial charge in [-0.15, -0.1) is 0 Å². The van der Waals surface area contributed by atoms with Crippen LogP contribution in [-0.4, -0.2) is 51.1 Å². The average molecular weight is 364 g/mol. The van der Waals surface area contributed by atoms with Crippen LogP contribution in [0.2, 0.25) is 0 Å². The minimum atomic E-state index is -0.373. The number of carbonyl (C=O) groups is 1. The number of nitrogens with one attached hydrogen (secondary N) is 1. The summed E-state index contributed by atoms with van der Waals surface area (Å²) in [6.07, 6.45) is 1.21. The first-order valence-electron chi connectivity index (χ1n) is 7.88. The highest BCUT2D eigenvalue weighted by Gasteiger charge is 2.17. The lowest BCUT2D eigenvalue weighted by Crippen LogP contribution is -2.29. The number of hydrogen-bond donors (Lipinski definition) is 1. The molecule has 0 heterocycles. The number of amides is 1. The molecule has 0 atom stereocenters. The van der Waals surface area contributed by atoms with Crippen molar-refractivity contribution in [2.24, 2.45) is 15.5 Å². The maximum atomic E-state index is 12.0. The van der Waals surface area contributed by atoms with Crippen LogP contribution >= 0.6 is 0 Å². The van der Waals surface area contributed by atoms with E-state index in [0.717, 1.165) is 0 Å². The second-order valence-corrected chi connectivity index (χ2v) is 5.15. The van der Waals surface area contributed by atoms with Gasteiger partial charge in [0, 0.05) is 18.2 Å². The van der Waals surface area contributed by atoms with E-state index in [4.69, 9.17) is 14.4 Å². The number of carbonyl (C=O) groups excluding carboxylic acids is 1. The third kappa shape index (κ3) is 6.80. The number of ether oxygens (including phenoxy) is 1. The van der Waals surface area contributed by atoms with Gasteiger partial charge in [-0.25, -0.2) is 0 Å². The van der Waals surface area contributed by atoms with Crippen molar-refractivity contribution in [1.82, 2.24) is 5.32 Å². The Balaban J connectivity index is 2.89. The van der Waals surface area contributed by atoms with Crippen LogP contribution in [0.4, 0.5) is 0 Å². The molecular formula is C17H24N4O5. The first kappa shape index (κ1) is 20.9. The maximum absolute atomic E-state index is 12.0. The van der Waals surface area contributed by atoms with Gasteiger partial charge in [0.2, 0.25) is 0 Å². The van der Waals surface area contributed by atoms with Gasteiger partial charge in [-0.2, -0.15) is 0 Å². The molecular weight excluding hydrogens is 340 g/mol. The monoisotopic (exact) mass is 364 g/mol. The van der Waals surface area contributed by atoms with Crippen LogP contribution in [-0.2, 0) is 30.7 Å². The van der Waals surface area contributed by atoms with Gasteiger partial charge in [-0.3, -0.25) is 4.79 Å². The van der Waals surface area contributed by atoms with Crippen LogP contribution in [0.1, 0.15) is 25.0 Å². The molecule has 142 valence electrons. The van der Waals surface area contributed by atoms with Crippen LogP contribution < -0.4 is 5.32 Å². The Bertz CT molecular complexity index is 671. The quantitative estimate of drug-likeness (QED) is 0.408. The normalized spacial score (nSPS) is 12.2. The molecule has 0 aromatic heterocycles. The molecule has 0 saturated carbocycles. The minimum absolute atomic E-state index is 0.0866. The lowest BCUT2D eigenvalue weighted by molar-refractivity contribution is -0.114. The van der Waals surface area contributed by atoms with E-state index in [0.29, 0.717) is 11.1 Å². The van der Waals surface area contributed by atoms with Gasteiger partial charge in [-0.05, 0) is 19.0 Å². The lowest BCUT2D eigenvalue weighted by atomic mass is 10.0. The van der Waals surface area contributed by atoms with Crippen LogP contribution in [0.25, 0.3) is 0 Å². The molecule has 9 nitrogen and oxygen atoms in total. The SMILES string of the molecule is CNC(=O)C(=NOC)c1ccccc1CON=CC(=NOC)OC(C)C. The van der Waals surface area contributed by atoms with Crippen molar-refractivity contribution >= 4 is 23.7 Å². The summed E-state index contributed by atoms with van der Waals surface area (Å²) in [6, 6.07) is 7.15. The molecule has 0 spiro atoms. The van der Waals surface area contributed by atoms with Crippen LogP contribution in [0.3, 0.4) is 0 Å². The summed E-state index contributed by atoms with van der Waals surface area (Å²) in [5.74, 6) is -0.189. The Labute approximate surface area is 152 Å². The predicted octanol–water partition coefficient (Wildman–Crippen LogP) is 1.67. The molecule has 0 radical (unpaired) electrons. The fourth-order valence-electron chi connectivity index (χ4n) is 1.90. The number of oxime groups is 3. The number of rotatable bonds is 9. The smallest absolute Gasteiger partial charge is 0.273 e. The fourth-order valence-corrected chi connectivity index (χ4v) is 1.90. The minimum Gasteiger partial charge on any atom is -0.472 e. The standard InChI is InChI=1S/C17H24N4O5/c1-12(2)26-15(20-23-4)10-19-25-11-13-8-6-7-9-14(13)16(21-24-5)17(22)18-3/h6-10,12H,11H2,1-5H3,(H,18,22). The van der Waals surface area contributed by atoms with E-state index in [-0.39, 0.29) is 30.2 Å². The predicted molar refractivity (Wildman–Crippen MR) is 98.0 cm³/mol. The Morgan fingerprint density at radius 2 is 1.88 bits per heavy atom. The summed E-state index contributed by atoms with van der Waals surface area (Å²) < 4.78 is 5.39. The number of nitrogens with zero attached hydrogens (tertiary/aromatic N) is 3. The number of hydrogen-bond acceptors (Lipinski definition) is 8. The van der Waals surface area contributed by atoms with Gasteiger partial charge < -0.3 is 24.6 Å². The summed E-state index contributed by atoms with van der Waals surface area (Å²) in [5, 5.41) is 13.8. The number of benzene rings is 1. The van der Waals surface area contributed by atoms with E-state index in [9.17, 15) is 4.79 Å². The second-order valence-electron chi connectivity index (χ2n) is 5.15. The zero-order valence-corrected chi connectivity index (χ0v) is 15.6. The van der Waals surface area contributed by atoms with Crippen molar-refractivity contribution in [1.29, 1.82) is 0 Å². The van der Waals surface area contributed by atoms with Crippen LogP contribution in [0.15, 0.2) is 39.7 Å². The molecule has 1 aromatic rings. The van der Waals surface area contributed by atoms with E-state index < -0.39 is 0 Å². The molecule has 1 rings (SSSR count). The Hall–Kier alpha value is -3.10. The van der Waals surface area contributed by atoms with E-state index in [1.54, 1.807) is 18.2 Å². The molecule has 1 N–H and O–H groups in total. The highest BCUT2D eigenvalue weighted by Crippen LogP contribution is 2.12. The summed E-state index contributed by atoms with van der Waals surface area (Å²) in [6.45, 7) is 3.81. The second kappa shape index (κ2) is 11.5. The van der Waals surface area contributed by atoms with Crippen molar-refractivity contribution in [2.75, 3.05) is 21.3 Å². The van der Waals surface area contributed by atoms with Gasteiger partial charge >= 0.3 is 0 Å². The third-order valence-electron chi connectivity index (χ3n) is 2.89. The van der Waals surface area contributed by atoms with Gasteiger partial charge in [0.1, 0.15) is 27.0 Å². The van der Waals surface area contributed by atoms with Gasteiger partial charge in [0.05, 0.1) is 6.10 Å². The van der Waals surface area contributed by atoms with Gasteiger partial charge in [0.15, 0.2) is 5.71 Å². The molecule has 0 bridgehead atoms. The lowest BCUT2D eigenvalue weighted by Gasteiger charge is -2.10. The molecule has 0 saturated heterocycles. The van der Waals surface area contributed by atoms with E-state index in [1.165, 1.54) is 27.5 Å². The van der Waals surface area contributed by atoms with Crippen molar-refractivity contribution in [3.63, 3.8) is 0 Å². The highest BCUT2D eigenvalue weighted by molar-refractivity contribution is 6.45. The van der Waals surface area contributed by atoms with Crippen LogP contribution in [0.5, 0.6) is 0 Å². The van der Waals surface area contributed by atoms with Crippen molar-refractivity contribution in [3.05, 3.63) is 35.4 Å². The first-order chi connectivity index (χ1) is 12.5. The van der Waals surface area contributed by atoms with Crippen LogP contribution in [0, 0.1) is 0 Å².